The van der Waals surface area contributed by atoms with Crippen LogP contribution in [0.25, 0.3) is 0 Å². The van der Waals surface area contributed by atoms with Gasteiger partial charge in [0.05, 0.1) is 6.42 Å². The molecule has 1 rings (SSSR count). The van der Waals surface area contributed by atoms with E-state index >= 15 is 0 Å². The van der Waals surface area contributed by atoms with Crippen LogP contribution in [0, 0.1) is 12.8 Å². The van der Waals surface area contributed by atoms with E-state index in [-0.39, 0.29) is 30.7 Å². The first-order valence-corrected chi connectivity index (χ1v) is 8.15. The lowest BCUT2D eigenvalue weighted by molar-refractivity contribution is -0.139. The second-order valence-corrected chi connectivity index (χ2v) is 6.07. The summed E-state index contributed by atoms with van der Waals surface area (Å²) in [5, 5.41) is 11.6. The van der Waals surface area contributed by atoms with Crippen molar-refractivity contribution in [1.29, 1.82) is 0 Å². The Morgan fingerprint density at radius 2 is 1.83 bits per heavy atom. The van der Waals surface area contributed by atoms with E-state index in [1.807, 2.05) is 32.9 Å². The zero-order valence-corrected chi connectivity index (χ0v) is 14.7. The Morgan fingerprint density at radius 3 is 2.33 bits per heavy atom. The van der Waals surface area contributed by atoms with Gasteiger partial charge in [0.1, 0.15) is 6.04 Å². The Labute approximate surface area is 142 Å². The third-order valence-corrected chi connectivity index (χ3v) is 3.90. The Kier molecular flexibility index (Phi) is 7.42. The monoisotopic (exact) mass is 334 g/mol. The van der Waals surface area contributed by atoms with Gasteiger partial charge in [-0.1, -0.05) is 32.0 Å². The molecule has 0 aromatic heterocycles. The van der Waals surface area contributed by atoms with Crippen LogP contribution in [0.5, 0.6) is 0 Å². The number of carboxylic acids is 1. The maximum atomic E-state index is 12.7. The fourth-order valence-electron chi connectivity index (χ4n) is 2.41. The molecule has 0 spiro atoms. The predicted molar refractivity (Wildman–Crippen MR) is 91.8 cm³/mol. The molecule has 0 radical (unpaired) electrons. The molecule has 1 aromatic rings. The number of carboxylic acid groups (broad SMARTS) is 1. The molecule has 0 bridgehead atoms. The van der Waals surface area contributed by atoms with E-state index in [1.54, 1.807) is 19.1 Å². The predicted octanol–water partition coefficient (Wildman–Crippen LogP) is 2.07. The van der Waals surface area contributed by atoms with Crippen molar-refractivity contribution in [2.75, 3.05) is 13.1 Å². The van der Waals surface area contributed by atoms with E-state index in [0.717, 1.165) is 5.56 Å². The highest BCUT2D eigenvalue weighted by atomic mass is 16.4. The molecular formula is C18H26N2O4. The van der Waals surface area contributed by atoms with Gasteiger partial charge in [0.2, 0.25) is 5.91 Å². The van der Waals surface area contributed by atoms with Gasteiger partial charge in [-0.15, -0.1) is 0 Å². The molecule has 24 heavy (non-hydrogen) atoms. The number of benzene rings is 1. The molecule has 1 aromatic carbocycles. The van der Waals surface area contributed by atoms with Gasteiger partial charge < -0.3 is 15.3 Å². The van der Waals surface area contributed by atoms with E-state index in [1.165, 1.54) is 4.90 Å². The first-order chi connectivity index (χ1) is 11.3. The largest absolute Gasteiger partial charge is 0.481 e. The van der Waals surface area contributed by atoms with Gasteiger partial charge >= 0.3 is 5.97 Å². The summed E-state index contributed by atoms with van der Waals surface area (Å²) in [6.45, 7) is 7.87. The summed E-state index contributed by atoms with van der Waals surface area (Å²) in [6, 6.07) is 6.49. The molecule has 6 nitrogen and oxygen atoms in total. The Bertz CT molecular complexity index is 598. The van der Waals surface area contributed by atoms with Crippen molar-refractivity contribution in [2.24, 2.45) is 5.92 Å². The summed E-state index contributed by atoms with van der Waals surface area (Å²) in [4.78, 5) is 37.4. The molecule has 0 saturated carbocycles. The van der Waals surface area contributed by atoms with Gasteiger partial charge in [0, 0.05) is 18.7 Å². The molecule has 0 aliphatic carbocycles. The molecule has 1 unspecified atom stereocenters. The fraction of sp³-hybridized carbons (Fsp3) is 0.500. The average molecular weight is 334 g/mol. The second kappa shape index (κ2) is 9.05. The Morgan fingerprint density at radius 1 is 1.21 bits per heavy atom. The van der Waals surface area contributed by atoms with Crippen LogP contribution in [-0.4, -0.2) is 46.9 Å². The quantitative estimate of drug-likeness (QED) is 0.762. The van der Waals surface area contributed by atoms with Crippen molar-refractivity contribution in [2.45, 2.75) is 40.2 Å². The molecule has 2 amide bonds. The summed E-state index contributed by atoms with van der Waals surface area (Å²) >= 11 is 0. The number of aliphatic carboxylic acids is 1. The Balaban J connectivity index is 2.89. The summed E-state index contributed by atoms with van der Waals surface area (Å²) in [5.41, 5.74) is 1.37. The van der Waals surface area contributed by atoms with Crippen LogP contribution in [0.15, 0.2) is 24.3 Å². The molecular weight excluding hydrogens is 308 g/mol. The number of hydrogen-bond acceptors (Lipinski definition) is 3. The number of carbonyl (C=O) groups is 3. The number of carbonyl (C=O) groups excluding carboxylic acids is 2. The van der Waals surface area contributed by atoms with Crippen molar-refractivity contribution in [1.82, 2.24) is 10.2 Å². The lowest BCUT2D eigenvalue weighted by atomic mass is 10.0. The van der Waals surface area contributed by atoms with Gasteiger partial charge in [-0.25, -0.2) is 0 Å². The molecule has 0 saturated heterocycles. The van der Waals surface area contributed by atoms with Crippen LogP contribution in [-0.2, 0) is 9.59 Å². The molecule has 0 heterocycles. The van der Waals surface area contributed by atoms with E-state index in [0.29, 0.717) is 12.1 Å². The normalized spacial score (nSPS) is 11.9. The van der Waals surface area contributed by atoms with E-state index in [4.69, 9.17) is 5.11 Å². The standard InChI is InChI=1S/C18H26N2O4/c1-5-20(11-10-15(21)22)18(24)16(12(2)3)19-17(23)14-9-7-6-8-13(14)4/h6-9,12,16H,5,10-11H2,1-4H3,(H,19,23)(H,21,22). The van der Waals surface area contributed by atoms with E-state index in [9.17, 15) is 14.4 Å². The number of rotatable bonds is 8. The molecule has 132 valence electrons. The van der Waals surface area contributed by atoms with Crippen LogP contribution in [0.4, 0.5) is 0 Å². The van der Waals surface area contributed by atoms with Crippen LogP contribution < -0.4 is 5.32 Å². The number of likely N-dealkylation sites (N-methyl/N-ethyl adjacent to an activating group) is 1. The molecule has 0 aliphatic rings. The van der Waals surface area contributed by atoms with Crippen molar-refractivity contribution < 1.29 is 19.5 Å². The molecule has 0 aliphatic heterocycles. The zero-order chi connectivity index (χ0) is 18.3. The van der Waals surface area contributed by atoms with Gasteiger partial charge in [0.15, 0.2) is 0 Å². The molecule has 6 heteroatoms. The fourth-order valence-corrected chi connectivity index (χ4v) is 2.41. The smallest absolute Gasteiger partial charge is 0.305 e. The summed E-state index contributed by atoms with van der Waals surface area (Å²) in [7, 11) is 0. The van der Waals surface area contributed by atoms with Crippen molar-refractivity contribution >= 4 is 17.8 Å². The minimum atomic E-state index is -0.953. The second-order valence-electron chi connectivity index (χ2n) is 6.07. The van der Waals surface area contributed by atoms with Gasteiger partial charge in [-0.3, -0.25) is 14.4 Å². The maximum Gasteiger partial charge on any atom is 0.305 e. The summed E-state index contributed by atoms with van der Waals surface area (Å²) in [5.74, 6) is -1.61. The lowest BCUT2D eigenvalue weighted by Crippen LogP contribution is -2.51. The number of amides is 2. The van der Waals surface area contributed by atoms with E-state index < -0.39 is 12.0 Å². The number of nitrogens with zero attached hydrogens (tertiary/aromatic N) is 1. The highest BCUT2D eigenvalue weighted by Gasteiger charge is 2.28. The topological polar surface area (TPSA) is 86.7 Å². The van der Waals surface area contributed by atoms with Crippen LogP contribution in [0.2, 0.25) is 0 Å². The van der Waals surface area contributed by atoms with Gasteiger partial charge in [-0.05, 0) is 31.4 Å². The first kappa shape index (κ1) is 19.7. The van der Waals surface area contributed by atoms with Crippen LogP contribution in [0.3, 0.4) is 0 Å². The van der Waals surface area contributed by atoms with Crippen molar-refractivity contribution in [3.8, 4) is 0 Å². The van der Waals surface area contributed by atoms with Crippen LogP contribution >= 0.6 is 0 Å². The summed E-state index contributed by atoms with van der Waals surface area (Å²) in [6.07, 6.45) is -0.115. The number of nitrogens with one attached hydrogen (secondary N) is 1. The Hall–Kier alpha value is -2.37. The highest BCUT2D eigenvalue weighted by Crippen LogP contribution is 2.11. The van der Waals surface area contributed by atoms with Crippen LogP contribution in [0.1, 0.15) is 43.1 Å². The SMILES string of the molecule is CCN(CCC(=O)O)C(=O)C(NC(=O)c1ccccc1C)C(C)C. The third-order valence-electron chi connectivity index (χ3n) is 3.90. The number of hydrogen-bond donors (Lipinski definition) is 2. The average Bonchev–Trinajstić information content (AvgIpc) is 2.52. The maximum absolute atomic E-state index is 12.7. The van der Waals surface area contributed by atoms with Gasteiger partial charge in [0.25, 0.3) is 5.91 Å². The summed E-state index contributed by atoms with van der Waals surface area (Å²) < 4.78 is 0. The minimum absolute atomic E-state index is 0.107. The number of aryl methyl sites for hydroxylation is 1. The molecule has 0 fully saturated rings. The lowest BCUT2D eigenvalue weighted by Gasteiger charge is -2.29. The highest BCUT2D eigenvalue weighted by molar-refractivity contribution is 5.98. The molecule has 1 atom stereocenters. The van der Waals surface area contributed by atoms with Gasteiger partial charge in [-0.2, -0.15) is 0 Å². The zero-order valence-electron chi connectivity index (χ0n) is 14.7. The van der Waals surface area contributed by atoms with E-state index in [2.05, 4.69) is 5.32 Å². The van der Waals surface area contributed by atoms with Crippen molar-refractivity contribution in [3.63, 3.8) is 0 Å². The van der Waals surface area contributed by atoms with Crippen molar-refractivity contribution in [3.05, 3.63) is 35.4 Å². The molecule has 2 N–H and O–H groups in total. The first-order valence-electron chi connectivity index (χ1n) is 8.15. The third kappa shape index (κ3) is 5.37. The minimum Gasteiger partial charge on any atom is -0.481 e.